The van der Waals surface area contributed by atoms with Gasteiger partial charge in [0.15, 0.2) is 21.4 Å². The second kappa shape index (κ2) is 7.26. The van der Waals surface area contributed by atoms with Crippen molar-refractivity contribution in [1.29, 1.82) is 0 Å². The third kappa shape index (κ3) is 4.03. The van der Waals surface area contributed by atoms with Crippen LogP contribution >= 0.6 is 36.2 Å². The Hall–Kier alpha value is -0.740. The van der Waals surface area contributed by atoms with Gasteiger partial charge < -0.3 is 24.4 Å². The molecule has 2 heterocycles. The highest BCUT2D eigenvalue weighted by Crippen LogP contribution is 2.62. The van der Waals surface area contributed by atoms with E-state index >= 15 is 0 Å². The number of benzene rings is 1. The van der Waals surface area contributed by atoms with E-state index in [1.807, 2.05) is 34.6 Å². The molecule has 150 valence electrons. The molecular formula is C18H24O6S3. The Kier molecular flexibility index (Phi) is 5.64. The average molecular weight is 433 g/mol. The first-order chi connectivity index (χ1) is 12.5. The van der Waals surface area contributed by atoms with Crippen molar-refractivity contribution in [2.75, 3.05) is 13.2 Å². The van der Waals surface area contributed by atoms with Gasteiger partial charge in [-0.1, -0.05) is 23.5 Å². The summed E-state index contributed by atoms with van der Waals surface area (Å²) in [6.45, 7) is 8.90. The minimum atomic E-state index is -1.13. The van der Waals surface area contributed by atoms with E-state index in [0.717, 1.165) is 15.4 Å². The lowest BCUT2D eigenvalue weighted by Gasteiger charge is -2.19. The van der Waals surface area contributed by atoms with Crippen LogP contribution in [0.1, 0.15) is 55.8 Å². The summed E-state index contributed by atoms with van der Waals surface area (Å²) in [7, 11) is 0. The smallest absolute Gasteiger partial charge is 0.345 e. The standard InChI is InChI=1S/C18H24O6S3/c1-8(25)10-14-12(23-17(2,3)26-14)11(16(21)22-7-9(20)6-19)13-15(10)27-18(4,5)24-13/h8-9,19-20,25H,6-7H2,1-5H3. The number of carbonyl (C=O) groups is 1. The van der Waals surface area contributed by atoms with Crippen LogP contribution in [0.25, 0.3) is 0 Å². The van der Waals surface area contributed by atoms with Crippen LogP contribution in [0, 0.1) is 0 Å². The number of ether oxygens (including phenoxy) is 3. The summed E-state index contributed by atoms with van der Waals surface area (Å²) in [5, 5.41) is 18.4. The Bertz CT molecular complexity index is 730. The van der Waals surface area contributed by atoms with Gasteiger partial charge in [0.25, 0.3) is 0 Å². The van der Waals surface area contributed by atoms with Crippen LogP contribution in [0.3, 0.4) is 0 Å². The third-order valence-electron chi connectivity index (χ3n) is 3.99. The van der Waals surface area contributed by atoms with Crippen LogP contribution < -0.4 is 9.47 Å². The maximum Gasteiger partial charge on any atom is 0.345 e. The summed E-state index contributed by atoms with van der Waals surface area (Å²) in [5.74, 6) is 0.216. The number of thioether (sulfide) groups is 2. The number of hydrogen-bond acceptors (Lipinski definition) is 9. The van der Waals surface area contributed by atoms with Crippen molar-refractivity contribution in [2.45, 2.75) is 65.6 Å². The van der Waals surface area contributed by atoms with Gasteiger partial charge in [0.05, 0.1) is 16.4 Å². The maximum atomic E-state index is 12.9. The number of esters is 1. The van der Waals surface area contributed by atoms with Crippen molar-refractivity contribution in [2.24, 2.45) is 0 Å². The molecule has 0 saturated carbocycles. The lowest BCUT2D eigenvalue weighted by Crippen LogP contribution is -2.24. The first-order valence-electron chi connectivity index (χ1n) is 8.60. The molecule has 6 nitrogen and oxygen atoms in total. The van der Waals surface area contributed by atoms with Gasteiger partial charge in [-0.2, -0.15) is 12.6 Å². The Labute approximate surface area is 172 Å². The molecule has 2 unspecified atom stereocenters. The molecular weight excluding hydrogens is 408 g/mol. The van der Waals surface area contributed by atoms with Crippen LogP contribution in [-0.4, -0.2) is 45.4 Å². The zero-order chi connectivity index (χ0) is 20.1. The molecule has 2 atom stereocenters. The first kappa shape index (κ1) is 21.0. The predicted molar refractivity (Wildman–Crippen MR) is 108 cm³/mol. The largest absolute Gasteiger partial charge is 0.475 e. The van der Waals surface area contributed by atoms with Crippen LogP contribution in [0.4, 0.5) is 0 Å². The van der Waals surface area contributed by atoms with E-state index in [4.69, 9.17) is 19.3 Å². The molecule has 1 aromatic rings. The molecule has 0 saturated heterocycles. The van der Waals surface area contributed by atoms with Crippen LogP contribution in [0.5, 0.6) is 11.5 Å². The zero-order valence-electron chi connectivity index (χ0n) is 15.9. The fourth-order valence-electron chi connectivity index (χ4n) is 2.96. The Morgan fingerprint density at radius 2 is 1.63 bits per heavy atom. The summed E-state index contributed by atoms with van der Waals surface area (Å²) in [4.78, 5) is 13.5. The molecule has 0 bridgehead atoms. The van der Waals surface area contributed by atoms with Crippen LogP contribution in [0.15, 0.2) is 9.79 Å². The molecule has 2 aliphatic heterocycles. The second-order valence-corrected chi connectivity index (χ2v) is 11.4. The molecule has 0 spiro atoms. The molecule has 27 heavy (non-hydrogen) atoms. The number of rotatable bonds is 5. The van der Waals surface area contributed by atoms with E-state index < -0.39 is 28.5 Å². The minimum Gasteiger partial charge on any atom is -0.475 e. The Balaban J connectivity index is 2.15. The lowest BCUT2D eigenvalue weighted by atomic mass is 10.1. The average Bonchev–Trinajstić information content (AvgIpc) is 3.02. The first-order valence-corrected chi connectivity index (χ1v) is 10.7. The van der Waals surface area contributed by atoms with E-state index in [-0.39, 0.29) is 17.4 Å². The third-order valence-corrected chi connectivity index (χ3v) is 6.61. The van der Waals surface area contributed by atoms with Gasteiger partial charge in [-0.15, -0.1) is 0 Å². The second-order valence-electron chi connectivity index (χ2n) is 7.42. The quantitative estimate of drug-likeness (QED) is 0.480. The molecule has 3 rings (SSSR count). The fourth-order valence-corrected chi connectivity index (χ4v) is 5.94. The number of thiol groups is 1. The highest BCUT2D eigenvalue weighted by Gasteiger charge is 2.46. The van der Waals surface area contributed by atoms with Gasteiger partial charge in [-0.3, -0.25) is 0 Å². The molecule has 0 radical (unpaired) electrons. The summed E-state index contributed by atoms with van der Waals surface area (Å²) < 4.78 is 17.4. The van der Waals surface area contributed by atoms with E-state index in [1.165, 1.54) is 23.5 Å². The van der Waals surface area contributed by atoms with Crippen molar-refractivity contribution < 1.29 is 29.2 Å². The topological polar surface area (TPSA) is 85.2 Å². The normalized spacial score (nSPS) is 20.9. The van der Waals surface area contributed by atoms with Crippen molar-refractivity contribution in [3.8, 4) is 11.5 Å². The number of hydrogen-bond donors (Lipinski definition) is 3. The number of carbonyl (C=O) groups excluding carboxylic acids is 1. The fraction of sp³-hybridized carbons (Fsp3) is 0.611. The lowest BCUT2D eigenvalue weighted by molar-refractivity contribution is 0.00852. The Morgan fingerprint density at radius 3 is 2.04 bits per heavy atom. The van der Waals surface area contributed by atoms with Crippen molar-refractivity contribution >= 4 is 42.1 Å². The monoisotopic (exact) mass is 432 g/mol. The van der Waals surface area contributed by atoms with E-state index in [2.05, 4.69) is 12.6 Å². The van der Waals surface area contributed by atoms with Crippen LogP contribution in [0.2, 0.25) is 0 Å². The predicted octanol–water partition coefficient (Wildman–Crippen LogP) is 3.63. The van der Waals surface area contributed by atoms with Crippen molar-refractivity contribution in [3.63, 3.8) is 0 Å². The highest BCUT2D eigenvalue weighted by atomic mass is 32.2. The van der Waals surface area contributed by atoms with E-state index in [0.29, 0.717) is 11.5 Å². The van der Waals surface area contributed by atoms with E-state index in [1.54, 1.807) is 0 Å². The van der Waals surface area contributed by atoms with Gasteiger partial charge in [-0.25, -0.2) is 4.79 Å². The summed E-state index contributed by atoms with van der Waals surface area (Å²) in [5.41, 5.74) is 1.21. The van der Waals surface area contributed by atoms with Gasteiger partial charge in [0.1, 0.15) is 18.3 Å². The van der Waals surface area contributed by atoms with Crippen molar-refractivity contribution in [3.05, 3.63) is 11.1 Å². The number of aliphatic hydroxyl groups excluding tert-OH is 2. The number of fused-ring (bicyclic) bond motifs is 2. The molecule has 0 aromatic heterocycles. The SMILES string of the molecule is CC(S)c1c2c(c(C(=O)OCC(O)CO)c3c1SC(C)(C)O3)OC(C)(C)S2. The number of aliphatic hydroxyl groups is 2. The molecule has 0 amide bonds. The Morgan fingerprint density at radius 1 is 1.15 bits per heavy atom. The molecule has 0 aliphatic carbocycles. The maximum absolute atomic E-state index is 12.9. The van der Waals surface area contributed by atoms with Gasteiger partial charge in [0.2, 0.25) is 0 Å². The van der Waals surface area contributed by atoms with E-state index in [9.17, 15) is 9.90 Å². The zero-order valence-corrected chi connectivity index (χ0v) is 18.4. The molecule has 0 fully saturated rings. The van der Waals surface area contributed by atoms with Crippen LogP contribution in [-0.2, 0) is 4.74 Å². The van der Waals surface area contributed by atoms with Gasteiger partial charge >= 0.3 is 5.97 Å². The summed E-state index contributed by atoms with van der Waals surface area (Å²) in [6.07, 6.45) is -1.13. The van der Waals surface area contributed by atoms with Crippen molar-refractivity contribution in [1.82, 2.24) is 0 Å². The summed E-state index contributed by atoms with van der Waals surface area (Å²) in [6, 6.07) is 0. The molecule has 2 N–H and O–H groups in total. The molecule has 1 aromatic carbocycles. The molecule has 2 aliphatic rings. The molecule has 9 heteroatoms. The van der Waals surface area contributed by atoms with Gasteiger partial charge in [-0.05, 0) is 40.2 Å². The highest BCUT2D eigenvalue weighted by molar-refractivity contribution is 8.01. The summed E-state index contributed by atoms with van der Waals surface area (Å²) >= 11 is 7.73. The van der Waals surface area contributed by atoms with Gasteiger partial charge in [0, 0.05) is 5.25 Å². The minimum absolute atomic E-state index is 0.0798.